The Labute approximate surface area is 117 Å². The number of imidazole rings is 1. The summed E-state index contributed by atoms with van der Waals surface area (Å²) in [5, 5.41) is 3.37. The molecule has 0 atom stereocenters. The van der Waals surface area contributed by atoms with Crippen LogP contribution in [0, 0.1) is 5.82 Å². The lowest BCUT2D eigenvalue weighted by molar-refractivity contribution is 0.296. The van der Waals surface area contributed by atoms with Gasteiger partial charge in [0.2, 0.25) is 0 Å². The van der Waals surface area contributed by atoms with Crippen molar-refractivity contribution in [2.45, 2.75) is 32.0 Å². The molecule has 1 heterocycles. The molecule has 0 radical (unpaired) electrons. The lowest BCUT2D eigenvalue weighted by atomic mass is 10.2. The molecule has 2 aromatic rings. The monoisotopic (exact) mass is 275 g/mol. The first-order valence-corrected chi connectivity index (χ1v) is 6.91. The highest BCUT2D eigenvalue weighted by Gasteiger charge is 2.20. The minimum absolute atomic E-state index is 0.252. The first kappa shape index (κ1) is 13.1. The van der Waals surface area contributed by atoms with Crippen molar-refractivity contribution < 1.29 is 9.13 Å². The minimum Gasteiger partial charge on any atom is -0.492 e. The molecular formula is C15H18FN3O. The number of hydrogen-bond donors (Lipinski definition) is 1. The van der Waals surface area contributed by atoms with Crippen LogP contribution >= 0.6 is 0 Å². The van der Waals surface area contributed by atoms with Crippen molar-refractivity contribution in [1.29, 1.82) is 0 Å². The predicted molar refractivity (Wildman–Crippen MR) is 74.0 cm³/mol. The molecule has 0 aliphatic heterocycles. The van der Waals surface area contributed by atoms with Gasteiger partial charge in [0.05, 0.1) is 12.9 Å². The Kier molecular flexibility index (Phi) is 3.97. The number of halogens is 1. The Balaban J connectivity index is 1.54. The maximum absolute atomic E-state index is 13.5. The SMILES string of the molecule is Fc1cc(CNC2CC2)cc(OCCn2ccnc2)c1. The van der Waals surface area contributed by atoms with Crippen LogP contribution in [0.1, 0.15) is 18.4 Å². The molecular weight excluding hydrogens is 257 g/mol. The lowest BCUT2D eigenvalue weighted by Gasteiger charge is -2.09. The summed E-state index contributed by atoms with van der Waals surface area (Å²) < 4.78 is 21.1. The van der Waals surface area contributed by atoms with Gasteiger partial charge in [-0.2, -0.15) is 0 Å². The third kappa shape index (κ3) is 3.81. The number of rotatable bonds is 7. The Hall–Kier alpha value is -1.88. The fraction of sp³-hybridized carbons (Fsp3) is 0.400. The van der Waals surface area contributed by atoms with Crippen molar-refractivity contribution in [3.63, 3.8) is 0 Å². The third-order valence-corrected chi connectivity index (χ3v) is 3.28. The van der Waals surface area contributed by atoms with Crippen molar-refractivity contribution in [2.75, 3.05) is 6.61 Å². The van der Waals surface area contributed by atoms with Crippen molar-refractivity contribution in [3.8, 4) is 5.75 Å². The van der Waals surface area contributed by atoms with E-state index in [4.69, 9.17) is 4.74 Å². The molecule has 1 aromatic heterocycles. The summed E-state index contributed by atoms with van der Waals surface area (Å²) in [5.41, 5.74) is 0.925. The number of nitrogens with one attached hydrogen (secondary N) is 1. The molecule has 1 aliphatic rings. The van der Waals surface area contributed by atoms with Crippen molar-refractivity contribution in [1.82, 2.24) is 14.9 Å². The Morgan fingerprint density at radius 3 is 3.00 bits per heavy atom. The zero-order chi connectivity index (χ0) is 13.8. The van der Waals surface area contributed by atoms with E-state index in [-0.39, 0.29) is 5.82 Å². The van der Waals surface area contributed by atoms with Gasteiger partial charge in [0, 0.05) is 31.0 Å². The first-order valence-electron chi connectivity index (χ1n) is 6.91. The molecule has 3 rings (SSSR count). The van der Waals surface area contributed by atoms with Crippen LogP contribution in [0.3, 0.4) is 0 Å². The quantitative estimate of drug-likeness (QED) is 0.843. The van der Waals surface area contributed by atoms with E-state index in [1.807, 2.05) is 16.8 Å². The number of benzene rings is 1. The predicted octanol–water partition coefficient (Wildman–Crippen LogP) is 2.35. The topological polar surface area (TPSA) is 39.1 Å². The number of nitrogens with zero attached hydrogens (tertiary/aromatic N) is 2. The van der Waals surface area contributed by atoms with Crippen LogP contribution in [-0.2, 0) is 13.1 Å². The van der Waals surface area contributed by atoms with Crippen LogP contribution in [0.4, 0.5) is 4.39 Å². The standard InChI is InChI=1S/C15H18FN3O/c16-13-7-12(10-18-14-1-2-14)8-15(9-13)20-6-5-19-4-3-17-11-19/h3-4,7-9,11,14,18H,1-2,5-6,10H2. The largest absolute Gasteiger partial charge is 0.492 e. The van der Waals surface area contributed by atoms with E-state index in [0.717, 1.165) is 5.56 Å². The van der Waals surface area contributed by atoms with Crippen LogP contribution < -0.4 is 10.1 Å². The molecule has 106 valence electrons. The number of ether oxygens (including phenoxy) is 1. The maximum atomic E-state index is 13.5. The second kappa shape index (κ2) is 6.05. The molecule has 4 nitrogen and oxygen atoms in total. The molecule has 0 spiro atoms. The highest BCUT2D eigenvalue weighted by molar-refractivity contribution is 5.29. The van der Waals surface area contributed by atoms with Crippen LogP contribution in [0.25, 0.3) is 0 Å². The van der Waals surface area contributed by atoms with E-state index < -0.39 is 0 Å². The average Bonchev–Trinajstić information content (AvgIpc) is 3.12. The molecule has 5 heteroatoms. The van der Waals surface area contributed by atoms with Crippen molar-refractivity contribution in [2.24, 2.45) is 0 Å². The zero-order valence-electron chi connectivity index (χ0n) is 11.3. The summed E-state index contributed by atoms with van der Waals surface area (Å²) in [7, 11) is 0. The lowest BCUT2D eigenvalue weighted by Crippen LogP contribution is -2.15. The van der Waals surface area contributed by atoms with E-state index in [1.165, 1.54) is 18.9 Å². The summed E-state index contributed by atoms with van der Waals surface area (Å²) in [6, 6.07) is 5.49. The van der Waals surface area contributed by atoms with Gasteiger partial charge < -0.3 is 14.6 Å². The summed E-state index contributed by atoms with van der Waals surface area (Å²) >= 11 is 0. The average molecular weight is 275 g/mol. The Morgan fingerprint density at radius 1 is 1.35 bits per heavy atom. The van der Waals surface area contributed by atoms with Gasteiger partial charge in [0.15, 0.2) is 0 Å². The molecule has 0 saturated heterocycles. The molecule has 0 unspecified atom stereocenters. The first-order chi connectivity index (χ1) is 9.79. The zero-order valence-corrected chi connectivity index (χ0v) is 11.3. The summed E-state index contributed by atoms with van der Waals surface area (Å²) in [4.78, 5) is 3.96. The Morgan fingerprint density at radius 2 is 2.25 bits per heavy atom. The second-order valence-electron chi connectivity index (χ2n) is 5.10. The van der Waals surface area contributed by atoms with Gasteiger partial charge in [-0.3, -0.25) is 0 Å². The smallest absolute Gasteiger partial charge is 0.127 e. The highest BCUT2D eigenvalue weighted by Crippen LogP contribution is 2.21. The van der Waals surface area contributed by atoms with Crippen LogP contribution in [0.15, 0.2) is 36.9 Å². The Bertz CT molecular complexity index is 552. The van der Waals surface area contributed by atoms with E-state index >= 15 is 0 Å². The van der Waals surface area contributed by atoms with Crippen LogP contribution in [0.2, 0.25) is 0 Å². The van der Waals surface area contributed by atoms with E-state index in [2.05, 4.69) is 10.3 Å². The fourth-order valence-electron chi connectivity index (χ4n) is 2.04. The van der Waals surface area contributed by atoms with Gasteiger partial charge in [0.25, 0.3) is 0 Å². The molecule has 1 saturated carbocycles. The van der Waals surface area contributed by atoms with Crippen molar-refractivity contribution >= 4 is 0 Å². The third-order valence-electron chi connectivity index (χ3n) is 3.28. The van der Waals surface area contributed by atoms with E-state index in [1.54, 1.807) is 18.6 Å². The molecule has 0 bridgehead atoms. The summed E-state index contributed by atoms with van der Waals surface area (Å²) in [6.45, 7) is 1.89. The minimum atomic E-state index is -0.252. The van der Waals surface area contributed by atoms with Gasteiger partial charge in [-0.25, -0.2) is 9.37 Å². The molecule has 1 N–H and O–H groups in total. The van der Waals surface area contributed by atoms with Crippen molar-refractivity contribution in [3.05, 3.63) is 48.3 Å². The molecule has 1 aliphatic carbocycles. The van der Waals surface area contributed by atoms with Gasteiger partial charge in [-0.1, -0.05) is 0 Å². The van der Waals surface area contributed by atoms with Crippen LogP contribution in [0.5, 0.6) is 5.75 Å². The van der Waals surface area contributed by atoms with Gasteiger partial charge in [-0.05, 0) is 30.5 Å². The molecule has 1 fully saturated rings. The van der Waals surface area contributed by atoms with Crippen LogP contribution in [-0.4, -0.2) is 22.2 Å². The van der Waals surface area contributed by atoms with Gasteiger partial charge in [-0.15, -0.1) is 0 Å². The van der Waals surface area contributed by atoms with Gasteiger partial charge >= 0.3 is 0 Å². The summed E-state index contributed by atoms with van der Waals surface area (Å²) in [5.74, 6) is 0.329. The number of hydrogen-bond acceptors (Lipinski definition) is 3. The maximum Gasteiger partial charge on any atom is 0.127 e. The highest BCUT2D eigenvalue weighted by atomic mass is 19.1. The molecule has 1 aromatic carbocycles. The normalized spacial score (nSPS) is 14.4. The number of aromatic nitrogens is 2. The fourth-order valence-corrected chi connectivity index (χ4v) is 2.04. The van der Waals surface area contributed by atoms with Gasteiger partial charge in [0.1, 0.15) is 18.2 Å². The molecule has 0 amide bonds. The van der Waals surface area contributed by atoms with E-state index in [0.29, 0.717) is 31.5 Å². The molecule has 20 heavy (non-hydrogen) atoms. The van der Waals surface area contributed by atoms with E-state index in [9.17, 15) is 4.39 Å². The second-order valence-corrected chi connectivity index (χ2v) is 5.10. The summed E-state index contributed by atoms with van der Waals surface area (Å²) in [6.07, 6.45) is 7.79.